The Balaban J connectivity index is 1.23. The van der Waals surface area contributed by atoms with E-state index in [9.17, 15) is 14.4 Å². The lowest BCUT2D eigenvalue weighted by molar-refractivity contribution is -0.122. The maximum atomic E-state index is 13.2. The number of amides is 3. The Morgan fingerprint density at radius 1 is 1.08 bits per heavy atom. The van der Waals surface area contributed by atoms with E-state index < -0.39 is 5.92 Å². The van der Waals surface area contributed by atoms with Gasteiger partial charge in [0.25, 0.3) is 0 Å². The molecule has 0 radical (unpaired) electrons. The van der Waals surface area contributed by atoms with Gasteiger partial charge in [-0.05, 0) is 36.2 Å². The molecule has 2 N–H and O–H groups in total. The van der Waals surface area contributed by atoms with Gasteiger partial charge in [0.1, 0.15) is 12.4 Å². The Labute approximate surface area is 218 Å². The standard InChI is InChI=1S/C26H26ClN5O3S/c27-19-6-8-20(9-7-19)31-13-18(12-24(31)34)26(35)29-25-21-15-36-16-22(21)30-32(25)14-23(33)28-11-10-17-4-2-1-3-5-17/h1-9,18H,10-16H2,(H,28,33)(H,29,35). The van der Waals surface area contributed by atoms with Gasteiger partial charge in [-0.1, -0.05) is 41.9 Å². The van der Waals surface area contributed by atoms with Crippen LogP contribution in [0, 0.1) is 5.92 Å². The van der Waals surface area contributed by atoms with Crippen molar-refractivity contribution in [1.29, 1.82) is 0 Å². The Morgan fingerprint density at radius 3 is 2.64 bits per heavy atom. The van der Waals surface area contributed by atoms with Crippen LogP contribution in [0.4, 0.5) is 11.5 Å². The van der Waals surface area contributed by atoms with Crippen molar-refractivity contribution < 1.29 is 14.4 Å². The first kappa shape index (κ1) is 24.4. The Morgan fingerprint density at radius 2 is 1.86 bits per heavy atom. The number of halogens is 1. The summed E-state index contributed by atoms with van der Waals surface area (Å²) in [6.07, 6.45) is 0.863. The highest BCUT2D eigenvalue weighted by molar-refractivity contribution is 7.98. The van der Waals surface area contributed by atoms with Crippen LogP contribution in [0.2, 0.25) is 5.02 Å². The molecule has 3 aromatic rings. The van der Waals surface area contributed by atoms with E-state index in [1.165, 1.54) is 0 Å². The van der Waals surface area contributed by atoms with Crippen molar-refractivity contribution in [3.8, 4) is 0 Å². The molecule has 0 spiro atoms. The molecule has 1 unspecified atom stereocenters. The predicted octanol–water partition coefficient (Wildman–Crippen LogP) is 3.63. The van der Waals surface area contributed by atoms with Gasteiger partial charge in [-0.2, -0.15) is 16.9 Å². The van der Waals surface area contributed by atoms with Gasteiger partial charge in [-0.3, -0.25) is 14.4 Å². The molecule has 186 valence electrons. The Bertz CT molecular complexity index is 1280. The minimum atomic E-state index is -0.499. The molecule has 3 amide bonds. The molecule has 0 aliphatic carbocycles. The number of rotatable bonds is 8. The summed E-state index contributed by atoms with van der Waals surface area (Å²) in [6.45, 7) is 0.825. The average molecular weight is 524 g/mol. The molecular weight excluding hydrogens is 498 g/mol. The molecule has 1 atom stereocenters. The first-order valence-corrected chi connectivity index (χ1v) is 13.3. The predicted molar refractivity (Wildman–Crippen MR) is 141 cm³/mol. The number of nitrogens with one attached hydrogen (secondary N) is 2. The van der Waals surface area contributed by atoms with Gasteiger partial charge < -0.3 is 15.5 Å². The van der Waals surface area contributed by atoms with Crippen LogP contribution in [0.15, 0.2) is 54.6 Å². The second-order valence-electron chi connectivity index (χ2n) is 8.88. The summed E-state index contributed by atoms with van der Waals surface area (Å²) in [4.78, 5) is 40.1. The molecule has 8 nitrogen and oxygen atoms in total. The fraction of sp³-hybridized carbons (Fsp3) is 0.308. The lowest BCUT2D eigenvalue weighted by Crippen LogP contribution is -2.32. The van der Waals surface area contributed by atoms with Crippen molar-refractivity contribution in [1.82, 2.24) is 15.1 Å². The molecule has 1 aromatic heterocycles. The number of aromatic nitrogens is 2. The first-order valence-electron chi connectivity index (χ1n) is 11.8. The van der Waals surface area contributed by atoms with Crippen LogP contribution in [-0.4, -0.2) is 40.6 Å². The maximum absolute atomic E-state index is 13.2. The Kier molecular flexibility index (Phi) is 7.29. The van der Waals surface area contributed by atoms with Gasteiger partial charge >= 0.3 is 0 Å². The summed E-state index contributed by atoms with van der Waals surface area (Å²) < 4.78 is 1.58. The average Bonchev–Trinajstić information content (AvgIpc) is 3.57. The quantitative estimate of drug-likeness (QED) is 0.470. The van der Waals surface area contributed by atoms with Crippen LogP contribution >= 0.6 is 23.4 Å². The van der Waals surface area contributed by atoms with Crippen molar-refractivity contribution in [2.75, 3.05) is 23.3 Å². The molecule has 36 heavy (non-hydrogen) atoms. The summed E-state index contributed by atoms with van der Waals surface area (Å²) >= 11 is 7.68. The van der Waals surface area contributed by atoms with Crippen LogP contribution in [0.5, 0.6) is 0 Å². The highest BCUT2D eigenvalue weighted by Crippen LogP contribution is 2.35. The van der Waals surface area contributed by atoms with Gasteiger partial charge in [0.2, 0.25) is 17.7 Å². The van der Waals surface area contributed by atoms with E-state index in [-0.39, 0.29) is 37.2 Å². The molecule has 3 heterocycles. The topological polar surface area (TPSA) is 96.3 Å². The maximum Gasteiger partial charge on any atom is 0.241 e. The lowest BCUT2D eigenvalue weighted by atomic mass is 10.1. The molecule has 2 aromatic carbocycles. The SMILES string of the molecule is O=C(Cn1nc2c(c1NC(=O)C1CC(=O)N(c3ccc(Cl)cc3)C1)CSC2)NCCc1ccccc1. The number of anilines is 2. The van der Waals surface area contributed by atoms with E-state index in [1.54, 1.807) is 45.6 Å². The smallest absolute Gasteiger partial charge is 0.241 e. The summed E-state index contributed by atoms with van der Waals surface area (Å²) in [6, 6.07) is 17.0. The van der Waals surface area contributed by atoms with Crippen LogP contribution in [0.1, 0.15) is 23.2 Å². The summed E-state index contributed by atoms with van der Waals surface area (Å²) in [5.41, 5.74) is 3.70. The van der Waals surface area contributed by atoms with Crippen LogP contribution in [-0.2, 0) is 38.9 Å². The number of nitrogens with zero attached hydrogens (tertiary/aromatic N) is 3. The van der Waals surface area contributed by atoms with E-state index in [4.69, 9.17) is 11.6 Å². The normalized spacial score (nSPS) is 16.8. The summed E-state index contributed by atoms with van der Waals surface area (Å²) in [5, 5.41) is 11.1. The van der Waals surface area contributed by atoms with Gasteiger partial charge in [0.05, 0.1) is 11.6 Å². The third-order valence-corrected chi connectivity index (χ3v) is 7.59. The summed E-state index contributed by atoms with van der Waals surface area (Å²) in [5.74, 6) is 1.00. The van der Waals surface area contributed by atoms with Crippen molar-refractivity contribution in [3.63, 3.8) is 0 Å². The molecule has 0 bridgehead atoms. The van der Waals surface area contributed by atoms with E-state index in [0.717, 1.165) is 34.7 Å². The fourth-order valence-electron chi connectivity index (χ4n) is 4.48. The molecule has 2 aliphatic heterocycles. The lowest BCUT2D eigenvalue weighted by Gasteiger charge is -2.17. The number of benzene rings is 2. The zero-order chi connectivity index (χ0) is 25.1. The van der Waals surface area contributed by atoms with Crippen molar-refractivity contribution >= 4 is 52.6 Å². The Hall–Kier alpha value is -3.30. The molecule has 5 rings (SSSR count). The number of carbonyl (C=O) groups excluding carboxylic acids is 3. The number of thioether (sulfide) groups is 1. The van der Waals surface area contributed by atoms with Crippen molar-refractivity contribution in [2.45, 2.75) is 30.9 Å². The van der Waals surface area contributed by atoms with Gasteiger partial charge in [-0.25, -0.2) is 4.68 Å². The third kappa shape index (κ3) is 5.42. The molecule has 1 fully saturated rings. The number of carbonyl (C=O) groups is 3. The minimum Gasteiger partial charge on any atom is -0.354 e. The van der Waals surface area contributed by atoms with Crippen molar-refractivity contribution in [3.05, 3.63) is 76.4 Å². The van der Waals surface area contributed by atoms with Gasteiger partial charge in [-0.15, -0.1) is 0 Å². The second-order valence-corrected chi connectivity index (χ2v) is 10.3. The van der Waals surface area contributed by atoms with Crippen molar-refractivity contribution in [2.24, 2.45) is 5.92 Å². The highest BCUT2D eigenvalue weighted by atomic mass is 35.5. The van der Waals surface area contributed by atoms with E-state index in [2.05, 4.69) is 15.7 Å². The minimum absolute atomic E-state index is 0.0164. The first-order chi connectivity index (χ1) is 17.5. The molecular formula is C26H26ClN5O3S. The van der Waals surface area contributed by atoms with Crippen LogP contribution in [0.3, 0.4) is 0 Å². The van der Waals surface area contributed by atoms with Crippen LogP contribution < -0.4 is 15.5 Å². The number of hydrogen-bond acceptors (Lipinski definition) is 5. The van der Waals surface area contributed by atoms with Crippen LogP contribution in [0.25, 0.3) is 0 Å². The fourth-order valence-corrected chi connectivity index (χ4v) is 5.64. The zero-order valence-corrected chi connectivity index (χ0v) is 21.1. The number of hydrogen-bond donors (Lipinski definition) is 2. The molecule has 0 saturated carbocycles. The molecule has 10 heteroatoms. The van der Waals surface area contributed by atoms with Gasteiger partial charge in [0.15, 0.2) is 0 Å². The van der Waals surface area contributed by atoms with E-state index in [0.29, 0.717) is 23.1 Å². The van der Waals surface area contributed by atoms with E-state index in [1.807, 2.05) is 30.3 Å². The zero-order valence-electron chi connectivity index (χ0n) is 19.6. The molecule has 1 saturated heterocycles. The van der Waals surface area contributed by atoms with E-state index >= 15 is 0 Å². The largest absolute Gasteiger partial charge is 0.354 e. The monoisotopic (exact) mass is 523 g/mol. The number of fused-ring (bicyclic) bond motifs is 1. The summed E-state index contributed by atoms with van der Waals surface area (Å²) in [7, 11) is 0. The molecule has 2 aliphatic rings. The van der Waals surface area contributed by atoms with Gasteiger partial charge in [0, 0.05) is 47.3 Å². The highest BCUT2D eigenvalue weighted by Gasteiger charge is 2.36. The third-order valence-electron chi connectivity index (χ3n) is 6.37. The second kappa shape index (κ2) is 10.8.